The Balaban J connectivity index is 2.58. The van der Waals surface area contributed by atoms with Crippen molar-refractivity contribution in [2.24, 2.45) is 0 Å². The maximum atomic E-state index is 12.7. The molecule has 0 bridgehead atoms. The van der Waals surface area contributed by atoms with Crippen molar-refractivity contribution in [2.75, 3.05) is 13.2 Å². The maximum Gasteiger partial charge on any atom is 0.354 e. The third-order valence-electron chi connectivity index (χ3n) is 4.09. The van der Waals surface area contributed by atoms with Gasteiger partial charge in [-0.15, -0.1) is 0 Å². The Morgan fingerprint density at radius 3 is 1.75 bits per heavy atom. The number of rotatable bonds is 7. The molecule has 2 fully saturated rings. The molecule has 0 saturated carbocycles. The highest BCUT2D eigenvalue weighted by Gasteiger charge is 2.60. The Morgan fingerprint density at radius 1 is 1.00 bits per heavy atom. The largest absolute Gasteiger partial charge is 0.460 e. The van der Waals surface area contributed by atoms with Gasteiger partial charge < -0.3 is 9.84 Å². The molecule has 0 aromatic carbocycles. The Bertz CT molecular complexity index is 518. The smallest absolute Gasteiger partial charge is 0.354 e. The monoisotopic (exact) mass is 340 g/mol. The molecule has 9 nitrogen and oxygen atoms in total. The van der Waals surface area contributed by atoms with E-state index in [9.17, 15) is 24.0 Å². The van der Waals surface area contributed by atoms with Gasteiger partial charge in [0.25, 0.3) is 0 Å². The summed E-state index contributed by atoms with van der Waals surface area (Å²) in [6, 6.07) is 0. The normalized spacial score (nSPS) is 18.8. The summed E-state index contributed by atoms with van der Waals surface area (Å²) in [5.41, 5.74) is -2.10. The molecule has 2 heterocycles. The number of aliphatic hydroxyl groups excluding tert-OH is 1. The number of amides is 4. The van der Waals surface area contributed by atoms with Gasteiger partial charge in [0, 0.05) is 32.1 Å². The van der Waals surface area contributed by atoms with Crippen molar-refractivity contribution < 1.29 is 33.8 Å². The SMILES string of the molecule is CCCC(C(=O)OCCO)(N1C(=O)CCC1=O)N1C(=O)CCC1=O. The number of carbonyl (C=O) groups excluding carboxylic acids is 5. The second-order valence-corrected chi connectivity index (χ2v) is 5.67. The van der Waals surface area contributed by atoms with Gasteiger partial charge in [0.2, 0.25) is 29.3 Å². The van der Waals surface area contributed by atoms with Crippen LogP contribution in [0.5, 0.6) is 0 Å². The van der Waals surface area contributed by atoms with Gasteiger partial charge in [-0.1, -0.05) is 13.3 Å². The maximum absolute atomic E-state index is 12.7. The van der Waals surface area contributed by atoms with Gasteiger partial charge in [0.05, 0.1) is 6.61 Å². The van der Waals surface area contributed by atoms with Gasteiger partial charge in [-0.25, -0.2) is 14.6 Å². The number of carbonyl (C=O) groups is 5. The molecule has 0 unspecified atom stereocenters. The third kappa shape index (κ3) is 2.79. The van der Waals surface area contributed by atoms with E-state index in [4.69, 9.17) is 9.84 Å². The summed E-state index contributed by atoms with van der Waals surface area (Å²) in [5, 5.41) is 8.88. The highest BCUT2D eigenvalue weighted by Crippen LogP contribution is 2.36. The summed E-state index contributed by atoms with van der Waals surface area (Å²) >= 11 is 0. The van der Waals surface area contributed by atoms with Crippen LogP contribution in [0, 0.1) is 0 Å². The Kier molecular flexibility index (Phi) is 5.33. The van der Waals surface area contributed by atoms with Gasteiger partial charge in [-0.3, -0.25) is 19.2 Å². The lowest BCUT2D eigenvalue weighted by atomic mass is 9.99. The summed E-state index contributed by atoms with van der Waals surface area (Å²) < 4.78 is 4.95. The van der Waals surface area contributed by atoms with E-state index < -0.39 is 41.9 Å². The van der Waals surface area contributed by atoms with Crippen LogP contribution in [-0.4, -0.2) is 63.4 Å². The van der Waals surface area contributed by atoms with Gasteiger partial charge in [0.15, 0.2) is 0 Å². The van der Waals surface area contributed by atoms with E-state index in [0.29, 0.717) is 16.2 Å². The molecule has 2 aliphatic rings. The molecule has 2 aliphatic heterocycles. The number of aliphatic hydroxyl groups is 1. The number of hydrogen-bond acceptors (Lipinski definition) is 7. The highest BCUT2D eigenvalue weighted by molar-refractivity contribution is 6.11. The summed E-state index contributed by atoms with van der Waals surface area (Å²) in [7, 11) is 0. The van der Waals surface area contributed by atoms with E-state index in [0.717, 1.165) is 0 Å². The van der Waals surface area contributed by atoms with Crippen molar-refractivity contribution in [1.82, 2.24) is 9.80 Å². The van der Waals surface area contributed by atoms with E-state index in [1.54, 1.807) is 6.92 Å². The van der Waals surface area contributed by atoms with E-state index in [1.165, 1.54) is 0 Å². The van der Waals surface area contributed by atoms with Crippen LogP contribution >= 0.6 is 0 Å². The number of ether oxygens (including phenoxy) is 1. The average Bonchev–Trinajstić information content (AvgIpc) is 3.06. The van der Waals surface area contributed by atoms with Crippen LogP contribution in [0.3, 0.4) is 0 Å². The predicted octanol–water partition coefficient (Wildman–Crippen LogP) is -0.684. The van der Waals surface area contributed by atoms with Crippen molar-refractivity contribution in [3.05, 3.63) is 0 Å². The molecule has 0 atom stereocenters. The van der Waals surface area contributed by atoms with Crippen molar-refractivity contribution in [1.29, 1.82) is 0 Å². The minimum atomic E-state index is -2.10. The molecule has 2 rings (SSSR count). The topological polar surface area (TPSA) is 121 Å². The molecular formula is C15H20N2O7. The zero-order chi connectivity index (χ0) is 17.9. The van der Waals surface area contributed by atoms with Crippen LogP contribution in [-0.2, 0) is 28.7 Å². The van der Waals surface area contributed by atoms with Gasteiger partial charge in [-0.2, -0.15) is 0 Å². The lowest BCUT2D eigenvalue weighted by Crippen LogP contribution is -2.68. The van der Waals surface area contributed by atoms with Crippen LogP contribution < -0.4 is 0 Å². The van der Waals surface area contributed by atoms with Gasteiger partial charge >= 0.3 is 5.97 Å². The first-order valence-electron chi connectivity index (χ1n) is 7.90. The fourth-order valence-electron chi connectivity index (χ4n) is 3.19. The third-order valence-corrected chi connectivity index (χ3v) is 4.09. The van der Waals surface area contributed by atoms with Crippen LogP contribution in [0.1, 0.15) is 45.4 Å². The number of nitrogens with zero attached hydrogens (tertiary/aromatic N) is 2. The number of likely N-dealkylation sites (tertiary alicyclic amines) is 2. The molecule has 9 heteroatoms. The number of hydrogen-bond donors (Lipinski definition) is 1. The molecule has 0 aromatic rings. The van der Waals surface area contributed by atoms with Crippen LogP contribution in [0.25, 0.3) is 0 Å². The van der Waals surface area contributed by atoms with E-state index in [2.05, 4.69) is 0 Å². The van der Waals surface area contributed by atoms with Crippen molar-refractivity contribution >= 4 is 29.6 Å². The Morgan fingerprint density at radius 2 is 1.42 bits per heavy atom. The summed E-state index contributed by atoms with van der Waals surface area (Å²) in [6.45, 7) is 0.874. The van der Waals surface area contributed by atoms with Crippen LogP contribution in [0.4, 0.5) is 0 Å². The first-order valence-corrected chi connectivity index (χ1v) is 7.90. The van der Waals surface area contributed by atoms with Crippen molar-refractivity contribution in [3.63, 3.8) is 0 Å². The van der Waals surface area contributed by atoms with Gasteiger partial charge in [0.1, 0.15) is 6.61 Å². The standard InChI is InChI=1S/C15H20N2O7/c1-2-7-15(14(23)24-9-8-18,16-10(19)3-4-11(16)20)17-12(21)5-6-13(17)22/h18H,2-9H2,1H3. The highest BCUT2D eigenvalue weighted by atomic mass is 16.5. The minimum absolute atomic E-state index is 0.0895. The average molecular weight is 340 g/mol. The fourth-order valence-corrected chi connectivity index (χ4v) is 3.19. The molecule has 0 spiro atoms. The van der Waals surface area contributed by atoms with Crippen LogP contribution in [0.2, 0.25) is 0 Å². The fraction of sp³-hybridized carbons (Fsp3) is 0.667. The number of imide groups is 2. The second kappa shape index (κ2) is 7.08. The van der Waals surface area contributed by atoms with E-state index in [1.807, 2.05) is 0 Å². The van der Waals surface area contributed by atoms with Crippen molar-refractivity contribution in [3.8, 4) is 0 Å². The molecule has 2 saturated heterocycles. The molecule has 1 N–H and O–H groups in total. The second-order valence-electron chi connectivity index (χ2n) is 5.67. The first kappa shape index (κ1) is 18.1. The van der Waals surface area contributed by atoms with Gasteiger partial charge in [-0.05, 0) is 0 Å². The van der Waals surface area contributed by atoms with Crippen LogP contribution in [0.15, 0.2) is 0 Å². The number of esters is 1. The Hall–Kier alpha value is -2.29. The minimum Gasteiger partial charge on any atom is -0.460 e. The molecular weight excluding hydrogens is 320 g/mol. The summed E-state index contributed by atoms with van der Waals surface area (Å²) in [6.07, 6.45) is -0.141. The van der Waals surface area contributed by atoms with Crippen molar-refractivity contribution in [2.45, 2.75) is 51.1 Å². The summed E-state index contributed by atoms with van der Waals surface area (Å²) in [5.74, 6) is -3.54. The predicted molar refractivity (Wildman–Crippen MR) is 77.9 cm³/mol. The Labute approximate surface area is 138 Å². The lowest BCUT2D eigenvalue weighted by Gasteiger charge is -2.43. The zero-order valence-electron chi connectivity index (χ0n) is 13.4. The molecule has 0 aliphatic carbocycles. The molecule has 4 amide bonds. The molecule has 132 valence electrons. The lowest BCUT2D eigenvalue weighted by molar-refractivity contribution is -0.188. The summed E-state index contributed by atoms with van der Waals surface area (Å²) in [4.78, 5) is 63.2. The zero-order valence-corrected chi connectivity index (χ0v) is 13.4. The van der Waals surface area contributed by atoms with E-state index in [-0.39, 0.29) is 38.7 Å². The quantitative estimate of drug-likeness (QED) is 0.481. The first-order chi connectivity index (χ1) is 11.4. The van der Waals surface area contributed by atoms with E-state index >= 15 is 0 Å². The molecule has 24 heavy (non-hydrogen) atoms. The molecule has 0 aromatic heterocycles. The molecule has 0 radical (unpaired) electrons.